The number of fused-ring (bicyclic) bond motifs is 1. The van der Waals surface area contributed by atoms with Crippen molar-refractivity contribution in [3.63, 3.8) is 0 Å². The summed E-state index contributed by atoms with van der Waals surface area (Å²) in [7, 11) is 0. The predicted octanol–water partition coefficient (Wildman–Crippen LogP) is 4.03. The second-order valence-electron chi connectivity index (χ2n) is 8.58. The van der Waals surface area contributed by atoms with E-state index in [2.05, 4.69) is 11.4 Å². The molecule has 0 unspecified atom stereocenters. The van der Waals surface area contributed by atoms with Gasteiger partial charge in [-0.1, -0.05) is 42.8 Å². The molecule has 1 atom stereocenters. The predicted molar refractivity (Wildman–Crippen MR) is 125 cm³/mol. The first-order valence-corrected chi connectivity index (χ1v) is 11.4. The molecule has 1 aliphatic rings. The first-order valence-electron chi connectivity index (χ1n) is 11.4. The minimum Gasteiger partial charge on any atom is -0.486 e. The molecule has 0 bridgehead atoms. The zero-order valence-corrected chi connectivity index (χ0v) is 19.5. The number of amides is 2. The van der Waals surface area contributed by atoms with E-state index in [1.54, 1.807) is 4.90 Å². The zero-order chi connectivity index (χ0) is 23.1. The highest BCUT2D eigenvalue weighted by Gasteiger charge is 2.28. The van der Waals surface area contributed by atoms with Crippen molar-refractivity contribution in [2.45, 2.75) is 65.6 Å². The lowest BCUT2D eigenvalue weighted by atomic mass is 10.0. The fourth-order valence-electron chi connectivity index (χ4n) is 3.95. The van der Waals surface area contributed by atoms with Gasteiger partial charge in [-0.25, -0.2) is 0 Å². The standard InChI is InChI=1S/C26H34N2O4/c1-5-22(26(30)27-18(2)3)28(17-21-8-6-7-19(4)15-21)25(29)12-10-20-9-11-23-24(16-20)32-14-13-31-23/h6-9,11,15-16,18,22H,5,10,12-14,17H2,1-4H3,(H,27,30)/t22-/m0/s1. The SMILES string of the molecule is CC[C@@H](C(=O)NC(C)C)N(Cc1cccc(C)c1)C(=O)CCc1ccc2c(c1)OCCO2. The van der Waals surface area contributed by atoms with Gasteiger partial charge in [0.25, 0.3) is 0 Å². The van der Waals surface area contributed by atoms with E-state index in [4.69, 9.17) is 9.47 Å². The first kappa shape index (κ1) is 23.6. The third kappa shape index (κ3) is 6.25. The Balaban J connectivity index is 1.76. The summed E-state index contributed by atoms with van der Waals surface area (Å²) in [6, 6.07) is 13.4. The number of carbonyl (C=O) groups is 2. The fraction of sp³-hybridized carbons (Fsp3) is 0.462. The Morgan fingerprint density at radius 3 is 2.47 bits per heavy atom. The molecular formula is C26H34N2O4. The summed E-state index contributed by atoms with van der Waals surface area (Å²) in [5.74, 6) is 1.32. The molecule has 32 heavy (non-hydrogen) atoms. The molecular weight excluding hydrogens is 404 g/mol. The number of hydrogen-bond acceptors (Lipinski definition) is 4. The molecule has 172 valence electrons. The van der Waals surface area contributed by atoms with Gasteiger partial charge >= 0.3 is 0 Å². The molecule has 1 aliphatic heterocycles. The lowest BCUT2D eigenvalue weighted by Gasteiger charge is -2.31. The maximum absolute atomic E-state index is 13.4. The van der Waals surface area contributed by atoms with Gasteiger partial charge in [0.2, 0.25) is 11.8 Å². The van der Waals surface area contributed by atoms with Gasteiger partial charge in [-0.05, 0) is 56.9 Å². The zero-order valence-electron chi connectivity index (χ0n) is 19.5. The van der Waals surface area contributed by atoms with Gasteiger partial charge in [0.1, 0.15) is 19.3 Å². The van der Waals surface area contributed by atoms with Crippen molar-refractivity contribution >= 4 is 11.8 Å². The van der Waals surface area contributed by atoms with E-state index >= 15 is 0 Å². The van der Waals surface area contributed by atoms with Crippen molar-refractivity contribution in [1.82, 2.24) is 10.2 Å². The number of benzene rings is 2. The summed E-state index contributed by atoms with van der Waals surface area (Å²) in [4.78, 5) is 28.0. The van der Waals surface area contributed by atoms with Crippen molar-refractivity contribution in [2.75, 3.05) is 13.2 Å². The van der Waals surface area contributed by atoms with Crippen LogP contribution in [0.1, 0.15) is 50.3 Å². The second kappa shape index (κ2) is 11.0. The van der Waals surface area contributed by atoms with Gasteiger partial charge in [-0.3, -0.25) is 9.59 Å². The molecule has 0 aliphatic carbocycles. The van der Waals surface area contributed by atoms with Crippen molar-refractivity contribution in [2.24, 2.45) is 0 Å². The molecule has 6 nitrogen and oxygen atoms in total. The number of rotatable bonds is 9. The molecule has 1 N–H and O–H groups in total. The van der Waals surface area contributed by atoms with Gasteiger partial charge < -0.3 is 19.7 Å². The molecule has 1 heterocycles. The second-order valence-corrected chi connectivity index (χ2v) is 8.58. The summed E-state index contributed by atoms with van der Waals surface area (Å²) >= 11 is 0. The van der Waals surface area contributed by atoms with Gasteiger partial charge in [0.15, 0.2) is 11.5 Å². The van der Waals surface area contributed by atoms with Gasteiger partial charge in [0.05, 0.1) is 0 Å². The maximum Gasteiger partial charge on any atom is 0.243 e. The number of ether oxygens (including phenoxy) is 2. The molecule has 2 aromatic carbocycles. The molecule has 0 saturated carbocycles. The summed E-state index contributed by atoms with van der Waals surface area (Å²) < 4.78 is 11.2. The summed E-state index contributed by atoms with van der Waals surface area (Å²) in [5.41, 5.74) is 3.16. The quantitative estimate of drug-likeness (QED) is 0.642. The average molecular weight is 439 g/mol. The smallest absolute Gasteiger partial charge is 0.243 e. The van der Waals surface area contributed by atoms with Crippen molar-refractivity contribution < 1.29 is 19.1 Å². The third-order valence-electron chi connectivity index (χ3n) is 5.49. The van der Waals surface area contributed by atoms with E-state index < -0.39 is 6.04 Å². The van der Waals surface area contributed by atoms with E-state index in [9.17, 15) is 9.59 Å². The van der Waals surface area contributed by atoms with Gasteiger partial charge in [-0.15, -0.1) is 0 Å². The lowest BCUT2D eigenvalue weighted by Crippen LogP contribution is -2.50. The van der Waals surface area contributed by atoms with Crippen LogP contribution in [0.4, 0.5) is 0 Å². The maximum atomic E-state index is 13.4. The highest BCUT2D eigenvalue weighted by Crippen LogP contribution is 2.31. The molecule has 0 spiro atoms. The molecule has 0 radical (unpaired) electrons. The summed E-state index contributed by atoms with van der Waals surface area (Å²) in [6.07, 6.45) is 1.44. The minimum atomic E-state index is -0.509. The molecule has 3 rings (SSSR count). The van der Waals surface area contributed by atoms with Crippen LogP contribution in [0.3, 0.4) is 0 Å². The number of carbonyl (C=O) groups excluding carboxylic acids is 2. The molecule has 0 aromatic heterocycles. The highest BCUT2D eigenvalue weighted by molar-refractivity contribution is 5.87. The Morgan fingerprint density at radius 1 is 1.03 bits per heavy atom. The van der Waals surface area contributed by atoms with Gasteiger partial charge in [-0.2, -0.15) is 0 Å². The van der Waals surface area contributed by atoms with E-state index in [-0.39, 0.29) is 17.9 Å². The molecule has 0 fully saturated rings. The third-order valence-corrected chi connectivity index (χ3v) is 5.49. The van der Waals surface area contributed by atoms with Crippen LogP contribution < -0.4 is 14.8 Å². The largest absolute Gasteiger partial charge is 0.486 e. The van der Waals surface area contributed by atoms with Crippen molar-refractivity contribution in [1.29, 1.82) is 0 Å². The number of hydrogen-bond donors (Lipinski definition) is 1. The van der Waals surface area contributed by atoms with Crippen LogP contribution in [0.5, 0.6) is 11.5 Å². The Morgan fingerprint density at radius 2 is 1.78 bits per heavy atom. The number of nitrogens with zero attached hydrogens (tertiary/aromatic N) is 1. The van der Waals surface area contributed by atoms with Crippen LogP contribution in [0.2, 0.25) is 0 Å². The topological polar surface area (TPSA) is 67.9 Å². The lowest BCUT2D eigenvalue weighted by molar-refractivity contribution is -0.141. The Hall–Kier alpha value is -3.02. The van der Waals surface area contributed by atoms with Crippen LogP contribution in [-0.2, 0) is 22.6 Å². The van der Waals surface area contributed by atoms with Crippen LogP contribution >= 0.6 is 0 Å². The van der Waals surface area contributed by atoms with E-state index in [1.165, 1.54) is 0 Å². The van der Waals surface area contributed by atoms with Crippen LogP contribution in [0, 0.1) is 6.92 Å². The summed E-state index contributed by atoms with van der Waals surface area (Å²) in [6.45, 7) is 9.32. The van der Waals surface area contributed by atoms with Crippen molar-refractivity contribution in [3.05, 3.63) is 59.2 Å². The fourth-order valence-corrected chi connectivity index (χ4v) is 3.95. The molecule has 2 amide bonds. The number of aryl methyl sites for hydroxylation is 2. The van der Waals surface area contributed by atoms with Crippen LogP contribution in [0.25, 0.3) is 0 Å². The Labute approximate surface area is 190 Å². The van der Waals surface area contributed by atoms with E-state index in [0.29, 0.717) is 39.0 Å². The molecule has 6 heteroatoms. The molecule has 0 saturated heterocycles. The Bertz CT molecular complexity index is 941. The van der Waals surface area contributed by atoms with Gasteiger partial charge in [0, 0.05) is 19.0 Å². The highest BCUT2D eigenvalue weighted by atomic mass is 16.6. The first-order chi connectivity index (χ1) is 15.4. The van der Waals surface area contributed by atoms with Crippen molar-refractivity contribution in [3.8, 4) is 11.5 Å². The van der Waals surface area contributed by atoms with Crippen LogP contribution in [-0.4, -0.2) is 42.0 Å². The monoisotopic (exact) mass is 438 g/mol. The van der Waals surface area contributed by atoms with E-state index in [1.807, 2.05) is 64.1 Å². The number of nitrogens with one attached hydrogen (secondary N) is 1. The summed E-state index contributed by atoms with van der Waals surface area (Å²) in [5, 5.41) is 2.97. The average Bonchev–Trinajstić information content (AvgIpc) is 2.76. The molecule has 2 aromatic rings. The normalized spacial score (nSPS) is 13.5. The minimum absolute atomic E-state index is 0.0187. The van der Waals surface area contributed by atoms with Crippen LogP contribution in [0.15, 0.2) is 42.5 Å². The van der Waals surface area contributed by atoms with E-state index in [0.717, 1.165) is 28.2 Å². The Kier molecular flexibility index (Phi) is 8.14.